The Morgan fingerprint density at radius 2 is 1.15 bits per heavy atom. The maximum absolute atomic E-state index is 13.2. The number of halogens is 1. The molecule has 306 valence electrons. The molecule has 2 amide bonds. The second kappa shape index (κ2) is 15.8. The smallest absolute Gasteiger partial charge is 0.301 e. The first kappa shape index (κ1) is 40.8. The van der Waals surface area contributed by atoms with Crippen LogP contribution in [0.3, 0.4) is 0 Å². The van der Waals surface area contributed by atoms with Gasteiger partial charge in [-0.15, -0.1) is 0 Å². The number of benzene rings is 4. The highest BCUT2D eigenvalue weighted by atomic mass is 32.2. The second-order valence-electron chi connectivity index (χ2n) is 14.0. The highest BCUT2D eigenvalue weighted by Crippen LogP contribution is 2.46. The van der Waals surface area contributed by atoms with Crippen molar-refractivity contribution < 1.29 is 41.0 Å². The summed E-state index contributed by atoms with van der Waals surface area (Å²) < 4.78 is 67.9. The molecular formula is C41H40FN7O8S2. The predicted octanol–water partition coefficient (Wildman–Crippen LogP) is 5.02. The molecule has 2 aliphatic rings. The van der Waals surface area contributed by atoms with E-state index in [0.29, 0.717) is 39.7 Å². The normalized spacial score (nSPS) is 13.7. The van der Waals surface area contributed by atoms with Crippen molar-refractivity contribution in [1.82, 2.24) is 24.5 Å². The Labute approximate surface area is 340 Å². The van der Waals surface area contributed by atoms with E-state index < -0.39 is 26.1 Å². The molecule has 0 radical (unpaired) electrons. The van der Waals surface area contributed by atoms with Crippen LogP contribution >= 0.6 is 0 Å². The van der Waals surface area contributed by atoms with E-state index >= 15 is 0 Å². The van der Waals surface area contributed by atoms with Crippen molar-refractivity contribution >= 4 is 65.2 Å². The monoisotopic (exact) mass is 841 g/mol. The van der Waals surface area contributed by atoms with Crippen LogP contribution in [0.25, 0.3) is 21.8 Å². The SMILES string of the molecule is CCNS(=O)(=O)N(C)c1c2c(c(O)c3ncccc13)C(=O)N(Cc1ccc(F)cc1)C2.CN(c1c2c(c(O)c3ncccc13)C(=O)N(Cc1ccccc1)C2)S(C)(=O)=O. The van der Waals surface area contributed by atoms with E-state index in [-0.39, 0.29) is 77.3 Å². The van der Waals surface area contributed by atoms with Gasteiger partial charge in [0.1, 0.15) is 16.9 Å². The molecule has 8 rings (SSSR count). The third kappa shape index (κ3) is 7.57. The standard InChI is InChI=1S/C21H21FN4O4S.C20H19N3O4S/c1-3-24-31(29,30)25(2)19-15-5-4-10-23-18(15)20(27)17-16(19)12-26(21(17)28)11-13-6-8-14(22)9-7-13;1-22(28(2,26)27)18-14-9-6-10-21-17(14)19(24)16-15(18)12-23(20(16)25)11-13-7-4-3-5-8-13/h4-10,24,27H,3,11-12H2,1-2H3;3-10,24H,11-12H2,1-2H3. The number of nitrogens with zero attached hydrogens (tertiary/aromatic N) is 6. The average molecular weight is 842 g/mol. The van der Waals surface area contributed by atoms with E-state index in [1.54, 1.807) is 48.2 Å². The summed E-state index contributed by atoms with van der Waals surface area (Å²) in [5.74, 6) is -1.66. The van der Waals surface area contributed by atoms with Gasteiger partial charge in [-0.1, -0.05) is 49.4 Å². The number of nitrogens with one attached hydrogen (secondary N) is 1. The van der Waals surface area contributed by atoms with Crippen molar-refractivity contribution in [2.24, 2.45) is 0 Å². The van der Waals surface area contributed by atoms with Crippen molar-refractivity contribution in [3.8, 4) is 11.5 Å². The maximum Gasteiger partial charge on any atom is 0.301 e. The van der Waals surface area contributed by atoms with Crippen molar-refractivity contribution in [2.75, 3.05) is 35.5 Å². The molecule has 6 aromatic rings. The number of sulfonamides is 1. The number of carbonyl (C=O) groups excluding carboxylic acids is 2. The number of aromatic hydroxyl groups is 2. The van der Waals surface area contributed by atoms with Crippen LogP contribution in [0.4, 0.5) is 15.8 Å². The quantitative estimate of drug-likeness (QED) is 0.169. The molecular weight excluding hydrogens is 802 g/mol. The van der Waals surface area contributed by atoms with Crippen molar-refractivity contribution in [3.05, 3.63) is 130 Å². The number of pyridine rings is 2. The van der Waals surface area contributed by atoms with Crippen molar-refractivity contribution in [1.29, 1.82) is 0 Å². The van der Waals surface area contributed by atoms with Gasteiger partial charge in [-0.3, -0.25) is 28.2 Å². The van der Waals surface area contributed by atoms with Crippen LogP contribution in [0.15, 0.2) is 91.3 Å². The summed E-state index contributed by atoms with van der Waals surface area (Å²) in [4.78, 5) is 37.7. The topological polar surface area (TPSA) is 194 Å². The number of hydrogen-bond acceptors (Lipinski definition) is 10. The minimum atomic E-state index is -3.89. The molecule has 0 spiro atoms. The van der Waals surface area contributed by atoms with Gasteiger partial charge >= 0.3 is 10.2 Å². The highest BCUT2D eigenvalue weighted by molar-refractivity contribution is 7.92. The molecule has 4 heterocycles. The van der Waals surface area contributed by atoms with E-state index in [4.69, 9.17) is 0 Å². The van der Waals surface area contributed by atoms with E-state index in [1.807, 2.05) is 30.3 Å². The average Bonchev–Trinajstić information content (AvgIpc) is 3.71. The van der Waals surface area contributed by atoms with E-state index in [2.05, 4.69) is 14.7 Å². The van der Waals surface area contributed by atoms with Crippen LogP contribution in [0.1, 0.15) is 49.9 Å². The Morgan fingerprint density at radius 3 is 1.61 bits per heavy atom. The number of rotatable bonds is 10. The van der Waals surface area contributed by atoms with Crippen LogP contribution in [0.5, 0.6) is 11.5 Å². The van der Waals surface area contributed by atoms with Crippen LogP contribution in [0, 0.1) is 5.82 Å². The predicted molar refractivity (Wildman–Crippen MR) is 221 cm³/mol. The Hall–Kier alpha value is -6.37. The second-order valence-corrected chi connectivity index (χ2v) is 17.8. The largest absolute Gasteiger partial charge is 0.505 e. The third-order valence-corrected chi connectivity index (χ3v) is 13.0. The molecule has 0 aliphatic carbocycles. The Kier molecular flexibility index (Phi) is 10.9. The molecule has 15 nitrogen and oxygen atoms in total. The zero-order valence-corrected chi connectivity index (χ0v) is 34.1. The molecule has 0 saturated carbocycles. The molecule has 2 aromatic heterocycles. The number of hydrogen-bond donors (Lipinski definition) is 3. The Bertz CT molecular complexity index is 2860. The third-order valence-electron chi connectivity index (χ3n) is 10.2. The van der Waals surface area contributed by atoms with Crippen LogP contribution < -0.4 is 13.3 Å². The number of fused-ring (bicyclic) bond motifs is 4. The summed E-state index contributed by atoms with van der Waals surface area (Å²) in [6.45, 7) is 2.70. The zero-order valence-electron chi connectivity index (χ0n) is 32.4. The maximum atomic E-state index is 13.2. The fourth-order valence-electron chi connectivity index (χ4n) is 7.42. The molecule has 3 N–H and O–H groups in total. The van der Waals surface area contributed by atoms with Gasteiger partial charge in [-0.2, -0.15) is 13.1 Å². The van der Waals surface area contributed by atoms with Gasteiger partial charge in [-0.25, -0.2) is 12.8 Å². The first-order chi connectivity index (χ1) is 28.0. The van der Waals surface area contributed by atoms with E-state index in [0.717, 1.165) is 20.4 Å². The minimum absolute atomic E-state index is 0.0295. The first-order valence-corrected chi connectivity index (χ1v) is 21.6. The molecule has 0 atom stereocenters. The molecule has 4 aromatic carbocycles. The van der Waals surface area contributed by atoms with E-state index in [9.17, 15) is 41.0 Å². The lowest BCUT2D eigenvalue weighted by Crippen LogP contribution is -2.38. The highest BCUT2D eigenvalue weighted by Gasteiger charge is 2.39. The number of phenols is 2. The van der Waals surface area contributed by atoms with Gasteiger partial charge in [0.15, 0.2) is 11.5 Å². The van der Waals surface area contributed by atoms with Gasteiger partial charge in [0.05, 0.1) is 28.8 Å². The number of anilines is 2. The zero-order chi connectivity index (χ0) is 42.4. The molecule has 2 aliphatic heterocycles. The number of aromatic nitrogens is 2. The Balaban J connectivity index is 0.000000180. The fraction of sp³-hybridized carbons (Fsp3) is 0.220. The van der Waals surface area contributed by atoms with Crippen molar-refractivity contribution in [3.63, 3.8) is 0 Å². The summed E-state index contributed by atoms with van der Waals surface area (Å²) in [6.07, 6.45) is 4.07. The number of carbonyl (C=O) groups is 2. The fourth-order valence-corrected chi connectivity index (χ4v) is 8.97. The molecule has 0 unspecified atom stereocenters. The van der Waals surface area contributed by atoms with Gasteiger partial charge in [0.25, 0.3) is 11.8 Å². The van der Waals surface area contributed by atoms with Crippen LogP contribution in [0.2, 0.25) is 0 Å². The lowest BCUT2D eigenvalue weighted by atomic mass is 10.0. The van der Waals surface area contributed by atoms with Crippen LogP contribution in [-0.4, -0.2) is 85.5 Å². The van der Waals surface area contributed by atoms with Gasteiger partial charge in [0.2, 0.25) is 10.0 Å². The number of amides is 2. The summed E-state index contributed by atoms with van der Waals surface area (Å²) in [5.41, 5.74) is 3.71. The molecule has 59 heavy (non-hydrogen) atoms. The molecule has 18 heteroatoms. The van der Waals surface area contributed by atoms with Gasteiger partial charge < -0.3 is 20.0 Å². The summed E-state index contributed by atoms with van der Waals surface area (Å²) in [5, 5.41) is 22.5. The first-order valence-electron chi connectivity index (χ1n) is 18.3. The molecule has 0 saturated heterocycles. The molecule has 0 bridgehead atoms. The van der Waals surface area contributed by atoms with Gasteiger partial charge in [-0.05, 0) is 47.5 Å². The molecule has 0 fully saturated rings. The summed E-state index contributed by atoms with van der Waals surface area (Å²) in [7, 11) is -4.63. The van der Waals surface area contributed by atoms with E-state index in [1.165, 1.54) is 43.5 Å². The van der Waals surface area contributed by atoms with Gasteiger partial charge in [0, 0.05) is 81.1 Å². The lowest BCUT2D eigenvalue weighted by molar-refractivity contribution is 0.0757. The number of phenolic OH excluding ortho intramolecular Hbond substituents is 2. The summed E-state index contributed by atoms with van der Waals surface area (Å²) in [6, 6.07) is 21.9. The van der Waals surface area contributed by atoms with Crippen molar-refractivity contribution in [2.45, 2.75) is 33.1 Å². The Morgan fingerprint density at radius 1 is 0.695 bits per heavy atom. The van der Waals surface area contributed by atoms with Crippen LogP contribution in [-0.2, 0) is 46.4 Å². The lowest BCUT2D eigenvalue weighted by Gasteiger charge is -2.24. The minimum Gasteiger partial charge on any atom is -0.505 e. The summed E-state index contributed by atoms with van der Waals surface area (Å²) >= 11 is 0.